The van der Waals surface area contributed by atoms with E-state index in [1.165, 1.54) is 6.92 Å². The lowest BCUT2D eigenvalue weighted by Gasteiger charge is -2.26. The Bertz CT molecular complexity index is 799. The highest BCUT2D eigenvalue weighted by Crippen LogP contribution is 2.08. The van der Waals surface area contributed by atoms with Crippen LogP contribution in [0.5, 0.6) is 0 Å². The van der Waals surface area contributed by atoms with E-state index >= 15 is 0 Å². The molecular weight excluding hydrogens is 476 g/mol. The Hall–Kier alpha value is -3.46. The van der Waals surface area contributed by atoms with Gasteiger partial charge in [-0.15, -0.1) is 0 Å². The standard InChI is InChI=1S/C21H40N8O7/c1-10(2)9-14(28-17(32)12(22)5-4-8-26-21(24)25)19(34)27-13(6-7-15(23)31)18(33)29-16(11(3)30)20(35)36/h10-14,16,30H,4-9,22H2,1-3H3,(H2,23,31)(H,27,34)(H,28,32)(H,29,33)(H,35,36)(H4,24,25,26). The zero-order valence-corrected chi connectivity index (χ0v) is 20.9. The van der Waals surface area contributed by atoms with Crippen LogP contribution in [0.4, 0.5) is 0 Å². The number of rotatable bonds is 17. The van der Waals surface area contributed by atoms with Gasteiger partial charge < -0.3 is 49.1 Å². The monoisotopic (exact) mass is 516 g/mol. The highest BCUT2D eigenvalue weighted by Gasteiger charge is 2.32. The first-order valence-electron chi connectivity index (χ1n) is 11.6. The number of nitrogens with two attached hydrogens (primary N) is 4. The lowest BCUT2D eigenvalue weighted by atomic mass is 10.0. The van der Waals surface area contributed by atoms with Crippen LogP contribution in [0.2, 0.25) is 0 Å². The number of hydrogen-bond acceptors (Lipinski definition) is 8. The minimum atomic E-state index is -1.64. The molecule has 0 rings (SSSR count). The van der Waals surface area contributed by atoms with E-state index in [4.69, 9.17) is 22.9 Å². The Balaban J connectivity index is 5.46. The van der Waals surface area contributed by atoms with E-state index in [0.717, 1.165) is 0 Å². The molecule has 0 radical (unpaired) electrons. The Kier molecular flexibility index (Phi) is 14.7. The van der Waals surface area contributed by atoms with Crippen molar-refractivity contribution in [3.8, 4) is 0 Å². The zero-order chi connectivity index (χ0) is 28.0. The number of aliphatic hydroxyl groups is 1. The molecule has 0 aromatic carbocycles. The van der Waals surface area contributed by atoms with Crippen molar-refractivity contribution in [3.05, 3.63) is 0 Å². The van der Waals surface area contributed by atoms with Crippen molar-refractivity contribution in [2.75, 3.05) is 6.54 Å². The fourth-order valence-corrected chi connectivity index (χ4v) is 3.10. The lowest BCUT2D eigenvalue weighted by Crippen LogP contribution is -2.58. The smallest absolute Gasteiger partial charge is 0.328 e. The summed E-state index contributed by atoms with van der Waals surface area (Å²) in [6, 6.07) is -5.02. The molecule has 15 heteroatoms. The largest absolute Gasteiger partial charge is 0.480 e. The van der Waals surface area contributed by atoms with E-state index in [1.807, 2.05) is 13.8 Å². The number of carbonyl (C=O) groups excluding carboxylic acids is 4. The molecule has 36 heavy (non-hydrogen) atoms. The number of nitrogens with one attached hydrogen (secondary N) is 3. The molecule has 5 unspecified atom stereocenters. The van der Waals surface area contributed by atoms with E-state index in [2.05, 4.69) is 20.9 Å². The molecule has 0 aromatic rings. The number of aliphatic imine (C=N–C) groups is 1. The maximum absolute atomic E-state index is 13.0. The van der Waals surface area contributed by atoms with Crippen LogP contribution >= 0.6 is 0 Å². The van der Waals surface area contributed by atoms with Crippen molar-refractivity contribution < 1.29 is 34.2 Å². The predicted octanol–water partition coefficient (Wildman–Crippen LogP) is -3.40. The summed E-state index contributed by atoms with van der Waals surface area (Å²) in [5, 5.41) is 26.0. The summed E-state index contributed by atoms with van der Waals surface area (Å²) in [4.78, 5) is 64.6. The van der Waals surface area contributed by atoms with Crippen LogP contribution in [0.1, 0.15) is 52.9 Å². The minimum Gasteiger partial charge on any atom is -0.480 e. The number of aliphatic hydroxyl groups excluding tert-OH is 1. The van der Waals surface area contributed by atoms with Gasteiger partial charge in [-0.3, -0.25) is 24.2 Å². The Labute approximate surface area is 209 Å². The molecule has 0 aliphatic heterocycles. The van der Waals surface area contributed by atoms with Crippen molar-refractivity contribution >= 4 is 35.6 Å². The molecule has 0 heterocycles. The second-order valence-electron chi connectivity index (χ2n) is 8.88. The molecular formula is C21H40N8O7. The molecule has 0 aliphatic carbocycles. The second kappa shape index (κ2) is 16.3. The first-order chi connectivity index (χ1) is 16.6. The fourth-order valence-electron chi connectivity index (χ4n) is 3.10. The van der Waals surface area contributed by atoms with Gasteiger partial charge in [-0.25, -0.2) is 4.79 Å². The topological polar surface area (TPSA) is 278 Å². The SMILES string of the molecule is CC(C)CC(NC(=O)C(N)CCCN=C(N)N)C(=O)NC(CCC(N)=O)C(=O)NC(C(=O)O)C(C)O. The van der Waals surface area contributed by atoms with Crippen molar-refractivity contribution in [1.29, 1.82) is 0 Å². The Morgan fingerprint density at radius 3 is 1.89 bits per heavy atom. The first kappa shape index (κ1) is 32.5. The van der Waals surface area contributed by atoms with Crippen LogP contribution < -0.4 is 38.9 Å². The van der Waals surface area contributed by atoms with E-state index in [0.29, 0.717) is 6.42 Å². The maximum Gasteiger partial charge on any atom is 0.328 e. The average molecular weight is 517 g/mol. The van der Waals surface area contributed by atoms with Gasteiger partial charge in [0.1, 0.15) is 12.1 Å². The molecule has 0 fully saturated rings. The van der Waals surface area contributed by atoms with E-state index in [1.54, 1.807) is 0 Å². The quantitative estimate of drug-likeness (QED) is 0.0524. The molecule has 0 saturated carbocycles. The number of carboxylic acids is 1. The van der Waals surface area contributed by atoms with Crippen molar-refractivity contribution in [1.82, 2.24) is 16.0 Å². The summed E-state index contributed by atoms with van der Waals surface area (Å²) in [6.07, 6.45) is -1.07. The van der Waals surface area contributed by atoms with Crippen LogP contribution in [-0.2, 0) is 24.0 Å². The summed E-state index contributed by atoms with van der Waals surface area (Å²) < 4.78 is 0. The summed E-state index contributed by atoms with van der Waals surface area (Å²) >= 11 is 0. The van der Waals surface area contributed by atoms with Gasteiger partial charge in [-0.2, -0.15) is 0 Å². The number of primary amides is 1. The van der Waals surface area contributed by atoms with Crippen LogP contribution in [-0.4, -0.2) is 82.6 Å². The zero-order valence-electron chi connectivity index (χ0n) is 20.9. The molecule has 0 bridgehead atoms. The summed E-state index contributed by atoms with van der Waals surface area (Å²) in [5.41, 5.74) is 21.5. The third-order valence-electron chi connectivity index (χ3n) is 5.00. The number of guanidine groups is 1. The molecule has 206 valence electrons. The normalized spacial score (nSPS) is 15.1. The molecule has 13 N–H and O–H groups in total. The van der Waals surface area contributed by atoms with Crippen LogP contribution in [0, 0.1) is 5.92 Å². The van der Waals surface area contributed by atoms with Gasteiger partial charge in [-0.1, -0.05) is 13.8 Å². The molecule has 0 saturated heterocycles. The summed E-state index contributed by atoms with van der Waals surface area (Å²) in [7, 11) is 0. The molecule has 0 aliphatic rings. The number of carboxylic acid groups (broad SMARTS) is 1. The van der Waals surface area contributed by atoms with Gasteiger partial charge in [0.15, 0.2) is 12.0 Å². The maximum atomic E-state index is 13.0. The van der Waals surface area contributed by atoms with Crippen molar-refractivity contribution in [3.63, 3.8) is 0 Å². The summed E-state index contributed by atoms with van der Waals surface area (Å²) in [6.45, 7) is 5.09. The molecule has 15 nitrogen and oxygen atoms in total. The molecule has 5 atom stereocenters. The van der Waals surface area contributed by atoms with Gasteiger partial charge in [0.25, 0.3) is 0 Å². The van der Waals surface area contributed by atoms with Crippen molar-refractivity contribution in [2.24, 2.45) is 33.8 Å². The van der Waals surface area contributed by atoms with Gasteiger partial charge in [0.2, 0.25) is 23.6 Å². The fraction of sp³-hybridized carbons (Fsp3) is 0.714. The molecule has 0 aromatic heterocycles. The van der Waals surface area contributed by atoms with Crippen LogP contribution in [0.15, 0.2) is 4.99 Å². The van der Waals surface area contributed by atoms with E-state index in [9.17, 15) is 34.2 Å². The van der Waals surface area contributed by atoms with Gasteiger partial charge >= 0.3 is 5.97 Å². The van der Waals surface area contributed by atoms with Crippen LogP contribution in [0.3, 0.4) is 0 Å². The number of nitrogens with zero attached hydrogens (tertiary/aromatic N) is 1. The number of aliphatic carboxylic acids is 1. The molecule has 4 amide bonds. The average Bonchev–Trinajstić information content (AvgIpc) is 2.75. The Morgan fingerprint density at radius 2 is 1.42 bits per heavy atom. The predicted molar refractivity (Wildman–Crippen MR) is 131 cm³/mol. The third-order valence-corrected chi connectivity index (χ3v) is 5.00. The first-order valence-corrected chi connectivity index (χ1v) is 11.6. The van der Waals surface area contributed by atoms with Gasteiger partial charge in [0, 0.05) is 13.0 Å². The third kappa shape index (κ3) is 13.4. The highest BCUT2D eigenvalue weighted by molar-refractivity contribution is 5.94. The number of hydrogen-bond donors (Lipinski definition) is 9. The molecule has 0 spiro atoms. The van der Waals surface area contributed by atoms with Crippen molar-refractivity contribution in [2.45, 2.75) is 83.1 Å². The Morgan fingerprint density at radius 1 is 0.861 bits per heavy atom. The van der Waals surface area contributed by atoms with Crippen LogP contribution in [0.25, 0.3) is 0 Å². The van der Waals surface area contributed by atoms with E-state index in [-0.39, 0.29) is 44.1 Å². The minimum absolute atomic E-state index is 0.0383. The number of amides is 4. The second-order valence-corrected chi connectivity index (χ2v) is 8.88. The van der Waals surface area contributed by atoms with Gasteiger partial charge in [-0.05, 0) is 38.5 Å². The summed E-state index contributed by atoms with van der Waals surface area (Å²) in [5.74, 6) is -4.63. The van der Waals surface area contributed by atoms with E-state index < -0.39 is 59.9 Å². The van der Waals surface area contributed by atoms with Gasteiger partial charge in [0.05, 0.1) is 12.1 Å². The highest BCUT2D eigenvalue weighted by atomic mass is 16.4. The number of carbonyl (C=O) groups is 5. The lowest BCUT2D eigenvalue weighted by molar-refractivity contribution is -0.145.